The first-order chi connectivity index (χ1) is 10.2. The lowest BCUT2D eigenvalue weighted by atomic mass is 10.1. The van der Waals surface area contributed by atoms with Crippen molar-refractivity contribution in [2.24, 2.45) is 0 Å². The van der Waals surface area contributed by atoms with E-state index in [4.69, 9.17) is 4.52 Å². The molecule has 0 radical (unpaired) electrons. The van der Waals surface area contributed by atoms with Gasteiger partial charge in [0.1, 0.15) is 5.75 Å². The fourth-order valence-electron chi connectivity index (χ4n) is 1.92. The minimum atomic E-state index is -3.32. The molecule has 1 aromatic heterocycles. The van der Waals surface area contributed by atoms with Crippen LogP contribution >= 0.6 is 0 Å². The van der Waals surface area contributed by atoms with Crippen LogP contribution < -0.4 is 0 Å². The molecule has 0 aliphatic rings. The van der Waals surface area contributed by atoms with Gasteiger partial charge in [-0.3, -0.25) is 0 Å². The van der Waals surface area contributed by atoms with Crippen molar-refractivity contribution in [2.75, 3.05) is 0 Å². The number of aromatic nitrogens is 2. The highest BCUT2D eigenvalue weighted by Crippen LogP contribution is 2.22. The Morgan fingerprint density at radius 2 is 1.77 bits per heavy atom. The van der Waals surface area contributed by atoms with Crippen LogP contribution in [0.5, 0.6) is 0 Å². The number of hydrogen-bond acceptors (Lipinski definition) is 5. The highest BCUT2D eigenvalue weighted by molar-refractivity contribution is 7.91. The first kappa shape index (κ1) is 16.7. The molecule has 22 heavy (non-hydrogen) atoms. The van der Waals surface area contributed by atoms with Gasteiger partial charge in [-0.1, -0.05) is 30.6 Å². The van der Waals surface area contributed by atoms with Crippen LogP contribution in [0.15, 0.2) is 28.8 Å². The van der Waals surface area contributed by atoms with Crippen molar-refractivity contribution in [1.82, 2.24) is 10.1 Å². The SMILES string of the molecule is CCCc1ccc(-c2nc(CS(=O)(=O)C(C)(C)C)no2)cc1. The molecule has 0 aliphatic heterocycles. The normalized spacial score (nSPS) is 12.5. The van der Waals surface area contributed by atoms with E-state index in [2.05, 4.69) is 17.1 Å². The van der Waals surface area contributed by atoms with E-state index in [1.165, 1.54) is 5.56 Å². The summed E-state index contributed by atoms with van der Waals surface area (Å²) in [5, 5.41) is 3.78. The van der Waals surface area contributed by atoms with Crippen molar-refractivity contribution >= 4 is 9.84 Å². The van der Waals surface area contributed by atoms with E-state index in [1.54, 1.807) is 20.8 Å². The summed E-state index contributed by atoms with van der Waals surface area (Å²) in [6, 6.07) is 7.88. The van der Waals surface area contributed by atoms with Gasteiger partial charge in [0.2, 0.25) is 0 Å². The topological polar surface area (TPSA) is 73.1 Å². The van der Waals surface area contributed by atoms with Gasteiger partial charge in [-0.2, -0.15) is 4.98 Å². The molecule has 2 aromatic rings. The van der Waals surface area contributed by atoms with E-state index in [9.17, 15) is 8.42 Å². The Kier molecular flexibility index (Phi) is 4.70. The van der Waals surface area contributed by atoms with Gasteiger partial charge >= 0.3 is 0 Å². The third-order valence-corrected chi connectivity index (χ3v) is 5.96. The van der Waals surface area contributed by atoms with Gasteiger partial charge in [-0.05, 0) is 44.9 Å². The molecule has 6 heteroatoms. The van der Waals surface area contributed by atoms with E-state index < -0.39 is 14.6 Å². The van der Waals surface area contributed by atoms with Crippen molar-refractivity contribution in [3.8, 4) is 11.5 Å². The minimum Gasteiger partial charge on any atom is -0.334 e. The summed E-state index contributed by atoms with van der Waals surface area (Å²) >= 11 is 0. The van der Waals surface area contributed by atoms with Crippen LogP contribution in [-0.2, 0) is 22.0 Å². The quantitative estimate of drug-likeness (QED) is 0.843. The van der Waals surface area contributed by atoms with Crippen molar-refractivity contribution < 1.29 is 12.9 Å². The van der Waals surface area contributed by atoms with Gasteiger partial charge in [0, 0.05) is 5.56 Å². The van der Waals surface area contributed by atoms with Crippen LogP contribution in [0.25, 0.3) is 11.5 Å². The molecule has 0 fully saturated rings. The van der Waals surface area contributed by atoms with Gasteiger partial charge in [0.15, 0.2) is 15.7 Å². The average molecular weight is 322 g/mol. The molecule has 0 N–H and O–H groups in total. The Bertz CT molecular complexity index is 725. The first-order valence-corrected chi connectivity index (χ1v) is 9.02. The summed E-state index contributed by atoms with van der Waals surface area (Å²) in [4.78, 5) is 4.20. The highest BCUT2D eigenvalue weighted by Gasteiger charge is 2.30. The molecule has 1 aromatic carbocycles. The van der Waals surface area contributed by atoms with Crippen molar-refractivity contribution in [1.29, 1.82) is 0 Å². The second kappa shape index (κ2) is 6.20. The van der Waals surface area contributed by atoms with E-state index in [0.29, 0.717) is 5.89 Å². The second-order valence-electron chi connectivity index (χ2n) is 6.33. The Hall–Kier alpha value is -1.69. The van der Waals surface area contributed by atoms with Gasteiger partial charge < -0.3 is 4.52 Å². The minimum absolute atomic E-state index is 0.197. The van der Waals surface area contributed by atoms with Gasteiger partial charge in [-0.25, -0.2) is 8.42 Å². The third-order valence-electron chi connectivity index (χ3n) is 3.46. The molecule has 0 saturated carbocycles. The largest absolute Gasteiger partial charge is 0.334 e. The Balaban J connectivity index is 2.18. The van der Waals surface area contributed by atoms with Gasteiger partial charge in [-0.15, -0.1) is 0 Å². The van der Waals surface area contributed by atoms with Crippen LogP contribution in [0.3, 0.4) is 0 Å². The molecule has 0 bridgehead atoms. The van der Waals surface area contributed by atoms with Crippen LogP contribution in [0, 0.1) is 0 Å². The summed E-state index contributed by atoms with van der Waals surface area (Å²) in [5.41, 5.74) is 2.05. The van der Waals surface area contributed by atoms with E-state index in [-0.39, 0.29) is 11.6 Å². The van der Waals surface area contributed by atoms with Crippen LogP contribution in [0.1, 0.15) is 45.5 Å². The fraction of sp³-hybridized carbons (Fsp3) is 0.500. The summed E-state index contributed by atoms with van der Waals surface area (Å²) in [6.07, 6.45) is 2.12. The standard InChI is InChI=1S/C16H22N2O3S/c1-5-6-12-7-9-13(10-8-12)15-17-14(18-21-15)11-22(19,20)16(2,3)4/h7-10H,5-6,11H2,1-4H3. The van der Waals surface area contributed by atoms with Crippen molar-refractivity contribution in [3.05, 3.63) is 35.7 Å². The lowest BCUT2D eigenvalue weighted by Gasteiger charge is -2.17. The summed E-state index contributed by atoms with van der Waals surface area (Å²) in [5.74, 6) is 0.332. The van der Waals surface area contributed by atoms with Gasteiger partial charge in [0.05, 0.1) is 4.75 Å². The molecule has 0 amide bonds. The van der Waals surface area contributed by atoms with Crippen LogP contribution in [0.4, 0.5) is 0 Å². The average Bonchev–Trinajstić information content (AvgIpc) is 2.86. The number of rotatable bonds is 5. The second-order valence-corrected chi connectivity index (χ2v) is 9.08. The predicted octanol–water partition coefficient (Wildman–Crippen LogP) is 3.40. The first-order valence-electron chi connectivity index (χ1n) is 7.37. The number of benzene rings is 1. The van der Waals surface area contributed by atoms with Crippen molar-refractivity contribution in [2.45, 2.75) is 51.0 Å². The van der Waals surface area contributed by atoms with E-state index in [1.807, 2.05) is 24.3 Å². The molecule has 5 nitrogen and oxygen atoms in total. The summed E-state index contributed by atoms with van der Waals surface area (Å²) in [6.45, 7) is 7.12. The maximum Gasteiger partial charge on any atom is 0.257 e. The fourth-order valence-corrected chi connectivity index (χ4v) is 2.81. The highest BCUT2D eigenvalue weighted by atomic mass is 32.2. The molecule has 0 unspecified atom stereocenters. The monoisotopic (exact) mass is 322 g/mol. The molecule has 0 atom stereocenters. The maximum atomic E-state index is 12.2. The summed E-state index contributed by atoms with van der Waals surface area (Å²) < 4.78 is 28.7. The molecule has 1 heterocycles. The summed E-state index contributed by atoms with van der Waals surface area (Å²) in [7, 11) is -3.32. The van der Waals surface area contributed by atoms with Crippen LogP contribution in [-0.4, -0.2) is 23.3 Å². The van der Waals surface area contributed by atoms with Crippen LogP contribution in [0.2, 0.25) is 0 Å². The molecular formula is C16H22N2O3S. The number of nitrogens with zero attached hydrogens (tertiary/aromatic N) is 2. The molecular weight excluding hydrogens is 300 g/mol. The van der Waals surface area contributed by atoms with Crippen molar-refractivity contribution in [3.63, 3.8) is 0 Å². The maximum absolute atomic E-state index is 12.2. The third kappa shape index (κ3) is 3.74. The van der Waals surface area contributed by atoms with E-state index in [0.717, 1.165) is 18.4 Å². The lowest BCUT2D eigenvalue weighted by Crippen LogP contribution is -2.29. The van der Waals surface area contributed by atoms with E-state index >= 15 is 0 Å². The molecule has 0 spiro atoms. The molecule has 0 saturated heterocycles. The zero-order chi connectivity index (χ0) is 16.4. The lowest BCUT2D eigenvalue weighted by molar-refractivity contribution is 0.424. The predicted molar refractivity (Wildman–Crippen MR) is 86.1 cm³/mol. The number of aryl methyl sites for hydroxylation is 1. The Morgan fingerprint density at radius 3 is 2.32 bits per heavy atom. The Morgan fingerprint density at radius 1 is 1.14 bits per heavy atom. The molecule has 0 aliphatic carbocycles. The molecule has 2 rings (SSSR count). The smallest absolute Gasteiger partial charge is 0.257 e. The molecule has 120 valence electrons. The number of hydrogen-bond donors (Lipinski definition) is 0. The van der Waals surface area contributed by atoms with Gasteiger partial charge in [0.25, 0.3) is 5.89 Å². The zero-order valence-electron chi connectivity index (χ0n) is 13.5. The Labute approximate surface area is 131 Å². The number of sulfone groups is 1. The zero-order valence-corrected chi connectivity index (χ0v) is 14.3.